The van der Waals surface area contributed by atoms with Crippen molar-refractivity contribution in [1.29, 1.82) is 0 Å². The smallest absolute Gasteiger partial charge is 0.338 e. The van der Waals surface area contributed by atoms with Crippen molar-refractivity contribution in [3.05, 3.63) is 48.0 Å². The van der Waals surface area contributed by atoms with Crippen LogP contribution in [0.3, 0.4) is 0 Å². The average Bonchev–Trinajstić information content (AvgIpc) is 2.44. The molecule has 0 atom stereocenters. The third-order valence-electron chi connectivity index (χ3n) is 2.68. The Hall–Kier alpha value is -2.53. The molecular weight excluding hydrogens is 260 g/mol. The zero-order valence-electron chi connectivity index (χ0n) is 10.6. The quantitative estimate of drug-likeness (QED) is 0.741. The van der Waals surface area contributed by atoms with Gasteiger partial charge < -0.3 is 20.1 Å². The van der Waals surface area contributed by atoms with Gasteiger partial charge in [0.15, 0.2) is 0 Å². The molecular formula is C15H14O5. The van der Waals surface area contributed by atoms with E-state index in [0.29, 0.717) is 11.1 Å². The van der Waals surface area contributed by atoms with Crippen LogP contribution in [0, 0.1) is 0 Å². The van der Waals surface area contributed by atoms with Crippen LogP contribution < -0.4 is 0 Å². The number of rotatable bonds is 4. The molecule has 0 heterocycles. The van der Waals surface area contributed by atoms with E-state index in [1.807, 2.05) is 0 Å². The third-order valence-corrected chi connectivity index (χ3v) is 2.68. The summed E-state index contributed by atoms with van der Waals surface area (Å²) in [5.74, 6) is -0.581. The number of esters is 1. The summed E-state index contributed by atoms with van der Waals surface area (Å²) in [5, 5.41) is 27.5. The maximum absolute atomic E-state index is 11.5. The monoisotopic (exact) mass is 274 g/mol. The number of hydrogen-bond donors (Lipinski definition) is 3. The van der Waals surface area contributed by atoms with Crippen LogP contribution in [0.1, 0.15) is 10.4 Å². The zero-order chi connectivity index (χ0) is 14.5. The van der Waals surface area contributed by atoms with E-state index in [1.165, 1.54) is 18.2 Å². The van der Waals surface area contributed by atoms with Crippen molar-refractivity contribution >= 4 is 5.97 Å². The summed E-state index contributed by atoms with van der Waals surface area (Å²) in [6.45, 7) is -0.257. The topological polar surface area (TPSA) is 87.0 Å². The summed E-state index contributed by atoms with van der Waals surface area (Å²) in [5.41, 5.74) is 1.75. The van der Waals surface area contributed by atoms with E-state index in [0.717, 1.165) is 5.56 Å². The van der Waals surface area contributed by atoms with Crippen LogP contribution in [0.4, 0.5) is 0 Å². The molecule has 0 unspecified atom stereocenters. The molecule has 104 valence electrons. The molecule has 0 spiro atoms. The highest BCUT2D eigenvalue weighted by molar-refractivity contribution is 5.90. The molecule has 2 rings (SSSR count). The highest BCUT2D eigenvalue weighted by Gasteiger charge is 2.08. The second kappa shape index (κ2) is 6.08. The van der Waals surface area contributed by atoms with Crippen molar-refractivity contribution in [2.45, 2.75) is 0 Å². The third kappa shape index (κ3) is 3.27. The highest BCUT2D eigenvalue weighted by Crippen LogP contribution is 2.28. The van der Waals surface area contributed by atoms with Gasteiger partial charge in [-0.1, -0.05) is 12.1 Å². The maximum Gasteiger partial charge on any atom is 0.338 e. The van der Waals surface area contributed by atoms with Gasteiger partial charge in [-0.3, -0.25) is 0 Å². The summed E-state index contributed by atoms with van der Waals surface area (Å²) in [6, 6.07) is 10.8. The summed E-state index contributed by atoms with van der Waals surface area (Å²) < 4.78 is 4.79. The summed E-state index contributed by atoms with van der Waals surface area (Å²) >= 11 is 0. The van der Waals surface area contributed by atoms with E-state index in [-0.39, 0.29) is 24.7 Å². The maximum atomic E-state index is 11.5. The van der Waals surface area contributed by atoms with Crippen molar-refractivity contribution in [3.63, 3.8) is 0 Å². The van der Waals surface area contributed by atoms with Crippen molar-refractivity contribution in [1.82, 2.24) is 0 Å². The van der Waals surface area contributed by atoms with Gasteiger partial charge in [0.2, 0.25) is 0 Å². The number of ether oxygens (including phenoxy) is 1. The largest absolute Gasteiger partial charge is 0.508 e. The van der Waals surface area contributed by atoms with Crippen LogP contribution in [0.5, 0.6) is 11.5 Å². The SMILES string of the molecule is O=C(OCCO)c1ccc(-c2cc(O)cc(O)c2)cc1. The Balaban J connectivity index is 2.21. The van der Waals surface area contributed by atoms with Crippen LogP contribution in [0.2, 0.25) is 0 Å². The number of aliphatic hydroxyl groups excluding tert-OH is 1. The van der Waals surface area contributed by atoms with Gasteiger partial charge >= 0.3 is 5.97 Å². The van der Waals surface area contributed by atoms with Gasteiger partial charge in [0, 0.05) is 6.07 Å². The fourth-order valence-electron chi connectivity index (χ4n) is 1.78. The molecule has 5 nitrogen and oxygen atoms in total. The summed E-state index contributed by atoms with van der Waals surface area (Å²) in [4.78, 5) is 11.5. The van der Waals surface area contributed by atoms with Gasteiger partial charge in [-0.05, 0) is 35.4 Å². The molecule has 0 aromatic heterocycles. The minimum absolute atomic E-state index is 0.0357. The van der Waals surface area contributed by atoms with Crippen LogP contribution in [0.15, 0.2) is 42.5 Å². The lowest BCUT2D eigenvalue weighted by molar-refractivity contribution is 0.0434. The van der Waals surface area contributed by atoms with Crippen LogP contribution >= 0.6 is 0 Å². The van der Waals surface area contributed by atoms with Gasteiger partial charge in [0.25, 0.3) is 0 Å². The molecule has 0 aliphatic rings. The first-order valence-electron chi connectivity index (χ1n) is 6.01. The zero-order valence-corrected chi connectivity index (χ0v) is 10.6. The second-order valence-electron chi connectivity index (χ2n) is 4.17. The normalized spacial score (nSPS) is 10.2. The van der Waals surface area contributed by atoms with E-state index in [9.17, 15) is 15.0 Å². The number of carbonyl (C=O) groups excluding carboxylic acids is 1. The molecule has 20 heavy (non-hydrogen) atoms. The van der Waals surface area contributed by atoms with Crippen molar-refractivity contribution < 1.29 is 24.9 Å². The van der Waals surface area contributed by atoms with Crippen molar-refractivity contribution in [3.8, 4) is 22.6 Å². The molecule has 2 aromatic carbocycles. The lowest BCUT2D eigenvalue weighted by Crippen LogP contribution is -2.08. The van der Waals surface area contributed by atoms with Crippen molar-refractivity contribution in [2.75, 3.05) is 13.2 Å². The Morgan fingerprint density at radius 3 is 2.10 bits per heavy atom. The summed E-state index contributed by atoms with van der Waals surface area (Å²) in [6.07, 6.45) is 0. The van der Waals surface area contributed by atoms with Gasteiger partial charge in [0.05, 0.1) is 12.2 Å². The first-order chi connectivity index (χ1) is 9.60. The van der Waals surface area contributed by atoms with Crippen LogP contribution in [-0.4, -0.2) is 34.5 Å². The van der Waals surface area contributed by atoms with Gasteiger partial charge in [-0.25, -0.2) is 4.79 Å². The molecule has 5 heteroatoms. The molecule has 0 aliphatic heterocycles. The molecule has 2 aromatic rings. The molecule has 0 amide bonds. The van der Waals surface area contributed by atoms with Gasteiger partial charge in [-0.2, -0.15) is 0 Å². The molecule has 0 aliphatic carbocycles. The fraction of sp³-hybridized carbons (Fsp3) is 0.133. The Bertz CT molecular complexity index is 584. The standard InChI is InChI=1S/C15H14O5/c16-5-6-20-15(19)11-3-1-10(2-4-11)12-7-13(17)9-14(18)8-12/h1-4,7-9,16-18H,5-6H2. The van der Waals surface area contributed by atoms with E-state index < -0.39 is 5.97 Å². The van der Waals surface area contributed by atoms with E-state index in [1.54, 1.807) is 24.3 Å². The number of carbonyl (C=O) groups is 1. The Morgan fingerprint density at radius 2 is 1.55 bits per heavy atom. The van der Waals surface area contributed by atoms with E-state index >= 15 is 0 Å². The first kappa shape index (κ1) is 13.9. The molecule has 0 fully saturated rings. The van der Waals surface area contributed by atoms with Gasteiger partial charge in [-0.15, -0.1) is 0 Å². The minimum atomic E-state index is -0.510. The van der Waals surface area contributed by atoms with Crippen molar-refractivity contribution in [2.24, 2.45) is 0 Å². The predicted octanol–water partition coefficient (Wildman–Crippen LogP) is 1.91. The molecule has 0 bridgehead atoms. The van der Waals surface area contributed by atoms with E-state index in [2.05, 4.69) is 0 Å². The Kier molecular flexibility index (Phi) is 4.22. The highest BCUT2D eigenvalue weighted by atomic mass is 16.5. The molecule has 3 N–H and O–H groups in total. The van der Waals surface area contributed by atoms with Crippen LogP contribution in [-0.2, 0) is 4.74 Å². The Morgan fingerprint density at radius 1 is 0.950 bits per heavy atom. The number of phenols is 2. The van der Waals surface area contributed by atoms with E-state index in [4.69, 9.17) is 9.84 Å². The minimum Gasteiger partial charge on any atom is -0.508 e. The second-order valence-corrected chi connectivity index (χ2v) is 4.17. The summed E-state index contributed by atoms with van der Waals surface area (Å²) in [7, 11) is 0. The van der Waals surface area contributed by atoms with Gasteiger partial charge in [0.1, 0.15) is 18.1 Å². The number of phenolic OH excluding ortho intramolecular Hbond substituents is 2. The lowest BCUT2D eigenvalue weighted by atomic mass is 10.0. The first-order valence-corrected chi connectivity index (χ1v) is 6.01. The number of benzene rings is 2. The predicted molar refractivity (Wildman–Crippen MR) is 72.6 cm³/mol. The Labute approximate surface area is 115 Å². The number of hydrogen-bond acceptors (Lipinski definition) is 5. The number of aliphatic hydroxyl groups is 1. The molecule has 0 radical (unpaired) electrons. The fourth-order valence-corrected chi connectivity index (χ4v) is 1.78. The lowest BCUT2D eigenvalue weighted by Gasteiger charge is -2.06. The average molecular weight is 274 g/mol. The molecule has 0 saturated heterocycles. The number of aromatic hydroxyl groups is 2. The van der Waals surface area contributed by atoms with Crippen LogP contribution in [0.25, 0.3) is 11.1 Å². The molecule has 0 saturated carbocycles.